The molecule has 0 saturated heterocycles. The van der Waals surface area contributed by atoms with Crippen molar-refractivity contribution in [1.29, 1.82) is 0 Å². The number of aromatic amines is 1. The minimum absolute atomic E-state index is 0.153. The Balaban J connectivity index is 1.70. The molecular formula is C20H17F2N5O3. The predicted octanol–water partition coefficient (Wildman–Crippen LogP) is 3.72. The molecule has 8 nitrogen and oxygen atoms in total. The number of imidazole rings is 1. The van der Waals surface area contributed by atoms with Crippen LogP contribution in [0.4, 0.5) is 14.5 Å². The van der Waals surface area contributed by atoms with E-state index in [2.05, 4.69) is 20.5 Å². The molecule has 2 heterocycles. The van der Waals surface area contributed by atoms with Gasteiger partial charge in [0.2, 0.25) is 5.91 Å². The second-order valence-corrected chi connectivity index (χ2v) is 7.22. The van der Waals surface area contributed by atoms with Crippen molar-refractivity contribution >= 4 is 39.5 Å². The number of rotatable bonds is 5. The smallest absolute Gasteiger partial charge is 0.357 e. The van der Waals surface area contributed by atoms with Gasteiger partial charge in [-0.2, -0.15) is 5.10 Å². The molecule has 154 valence electrons. The van der Waals surface area contributed by atoms with E-state index >= 15 is 0 Å². The van der Waals surface area contributed by atoms with Crippen LogP contribution >= 0.6 is 0 Å². The number of hydrogen-bond donors (Lipinski definition) is 3. The highest BCUT2D eigenvalue weighted by atomic mass is 19.2. The Labute approximate surface area is 168 Å². The molecule has 4 aromatic rings. The van der Waals surface area contributed by atoms with Gasteiger partial charge in [0.25, 0.3) is 0 Å². The molecule has 10 heteroatoms. The van der Waals surface area contributed by atoms with Crippen molar-refractivity contribution in [3.8, 4) is 0 Å². The first kappa shape index (κ1) is 19.5. The highest BCUT2D eigenvalue weighted by Gasteiger charge is 2.26. The number of carboxylic acid groups (broad SMARTS) is 1. The van der Waals surface area contributed by atoms with Gasteiger partial charge >= 0.3 is 5.97 Å². The van der Waals surface area contributed by atoms with E-state index in [1.165, 1.54) is 17.0 Å². The van der Waals surface area contributed by atoms with Crippen molar-refractivity contribution in [3.05, 3.63) is 54.0 Å². The van der Waals surface area contributed by atoms with Gasteiger partial charge < -0.3 is 15.0 Å². The van der Waals surface area contributed by atoms with Crippen LogP contribution in [0, 0.1) is 17.6 Å². The third kappa shape index (κ3) is 3.25. The van der Waals surface area contributed by atoms with Crippen molar-refractivity contribution < 1.29 is 23.5 Å². The molecule has 0 saturated carbocycles. The van der Waals surface area contributed by atoms with Gasteiger partial charge in [0.1, 0.15) is 6.04 Å². The standard InChI is InChI=1S/C20H17F2N5O3/c1-9(2)18(27-8-23-15-6-12(21)13(22)7-16(15)27)19(28)24-10-3-4-14-11(5-10)17(20(29)30)26-25-14/h3-9,18H,1-2H3,(H,24,28)(H,25,26)(H,29,30). The summed E-state index contributed by atoms with van der Waals surface area (Å²) in [5.41, 5.74) is 1.27. The van der Waals surface area contributed by atoms with Crippen LogP contribution in [0.2, 0.25) is 0 Å². The van der Waals surface area contributed by atoms with E-state index in [9.17, 15) is 23.5 Å². The van der Waals surface area contributed by atoms with Gasteiger partial charge in [0.05, 0.1) is 22.9 Å². The average molecular weight is 413 g/mol. The van der Waals surface area contributed by atoms with Gasteiger partial charge in [-0.05, 0) is 24.1 Å². The fraction of sp³-hybridized carbons (Fsp3) is 0.200. The van der Waals surface area contributed by atoms with E-state index in [1.807, 2.05) is 13.8 Å². The van der Waals surface area contributed by atoms with Crippen molar-refractivity contribution in [2.75, 3.05) is 5.32 Å². The van der Waals surface area contributed by atoms with Crippen molar-refractivity contribution in [2.45, 2.75) is 19.9 Å². The Morgan fingerprint density at radius 3 is 2.60 bits per heavy atom. The number of H-pyrrole nitrogens is 1. The van der Waals surface area contributed by atoms with Crippen LogP contribution in [0.1, 0.15) is 30.4 Å². The third-order valence-electron chi connectivity index (χ3n) is 4.85. The summed E-state index contributed by atoms with van der Waals surface area (Å²) in [5.74, 6) is -3.85. The lowest BCUT2D eigenvalue weighted by molar-refractivity contribution is -0.120. The fourth-order valence-electron chi connectivity index (χ4n) is 3.47. The summed E-state index contributed by atoms with van der Waals surface area (Å²) in [4.78, 5) is 28.5. The van der Waals surface area contributed by atoms with Crippen molar-refractivity contribution in [1.82, 2.24) is 19.7 Å². The largest absolute Gasteiger partial charge is 0.476 e. The summed E-state index contributed by atoms with van der Waals surface area (Å²) >= 11 is 0. The molecule has 2 aromatic heterocycles. The van der Waals surface area contributed by atoms with Crippen molar-refractivity contribution in [2.24, 2.45) is 5.92 Å². The summed E-state index contributed by atoms with van der Waals surface area (Å²) in [6.07, 6.45) is 1.37. The molecule has 3 N–H and O–H groups in total. The lowest BCUT2D eigenvalue weighted by Gasteiger charge is -2.22. The topological polar surface area (TPSA) is 113 Å². The molecule has 0 aliphatic heterocycles. The molecule has 0 bridgehead atoms. The van der Waals surface area contributed by atoms with E-state index in [-0.39, 0.29) is 17.1 Å². The first-order valence-electron chi connectivity index (χ1n) is 9.10. The number of carbonyl (C=O) groups is 2. The Hall–Kier alpha value is -3.82. The van der Waals surface area contributed by atoms with E-state index in [0.29, 0.717) is 22.1 Å². The first-order valence-corrected chi connectivity index (χ1v) is 9.10. The number of nitrogens with zero attached hydrogens (tertiary/aromatic N) is 3. The number of aromatic carboxylic acids is 1. The van der Waals surface area contributed by atoms with Crippen LogP contribution in [-0.2, 0) is 4.79 Å². The number of fused-ring (bicyclic) bond motifs is 2. The predicted molar refractivity (Wildman–Crippen MR) is 105 cm³/mol. The summed E-state index contributed by atoms with van der Waals surface area (Å²) in [7, 11) is 0. The Morgan fingerprint density at radius 1 is 1.17 bits per heavy atom. The van der Waals surface area contributed by atoms with Crippen LogP contribution in [0.15, 0.2) is 36.7 Å². The molecule has 30 heavy (non-hydrogen) atoms. The van der Waals surface area contributed by atoms with Crippen LogP contribution < -0.4 is 5.32 Å². The number of hydrogen-bond acceptors (Lipinski definition) is 4. The van der Waals surface area contributed by atoms with Gasteiger partial charge in [0, 0.05) is 23.2 Å². The quantitative estimate of drug-likeness (QED) is 0.462. The Kier molecular flexibility index (Phi) is 4.69. The molecular weight excluding hydrogens is 396 g/mol. The maximum atomic E-state index is 13.8. The number of benzene rings is 2. The molecule has 2 aromatic carbocycles. The molecule has 0 radical (unpaired) electrons. The van der Waals surface area contributed by atoms with E-state index in [0.717, 1.165) is 12.1 Å². The van der Waals surface area contributed by atoms with Gasteiger partial charge in [-0.15, -0.1) is 0 Å². The summed E-state index contributed by atoms with van der Waals surface area (Å²) in [5, 5.41) is 18.7. The SMILES string of the molecule is CC(C)C(C(=O)Nc1ccc2[nH]nc(C(=O)O)c2c1)n1cnc2cc(F)c(F)cc21. The summed E-state index contributed by atoms with van der Waals surface area (Å²) in [6, 6.07) is 5.97. The molecule has 1 unspecified atom stereocenters. The highest BCUT2D eigenvalue weighted by molar-refractivity contribution is 6.03. The monoisotopic (exact) mass is 413 g/mol. The van der Waals surface area contributed by atoms with E-state index in [4.69, 9.17) is 0 Å². The normalized spacial score (nSPS) is 12.6. The number of anilines is 1. The molecule has 1 atom stereocenters. The Morgan fingerprint density at radius 2 is 1.90 bits per heavy atom. The number of carbonyl (C=O) groups excluding carboxylic acids is 1. The summed E-state index contributed by atoms with van der Waals surface area (Å²) in [6.45, 7) is 3.63. The van der Waals surface area contributed by atoms with Gasteiger partial charge in [-0.1, -0.05) is 13.8 Å². The maximum absolute atomic E-state index is 13.8. The zero-order valence-corrected chi connectivity index (χ0v) is 16.0. The number of amides is 1. The molecule has 0 aliphatic rings. The average Bonchev–Trinajstić information content (AvgIpc) is 3.26. The molecule has 0 fully saturated rings. The number of aromatic nitrogens is 4. The first-order chi connectivity index (χ1) is 14.3. The molecule has 1 amide bonds. The van der Waals surface area contributed by atoms with Gasteiger partial charge in [-0.3, -0.25) is 9.89 Å². The lowest BCUT2D eigenvalue weighted by atomic mass is 10.0. The second-order valence-electron chi connectivity index (χ2n) is 7.22. The van der Waals surface area contributed by atoms with Gasteiger partial charge in [0.15, 0.2) is 17.3 Å². The zero-order chi connectivity index (χ0) is 21.6. The van der Waals surface area contributed by atoms with Crippen LogP contribution in [0.25, 0.3) is 21.9 Å². The second kappa shape index (κ2) is 7.21. The number of carboxylic acids is 1. The van der Waals surface area contributed by atoms with Crippen LogP contribution in [0.5, 0.6) is 0 Å². The third-order valence-corrected chi connectivity index (χ3v) is 4.85. The summed E-state index contributed by atoms with van der Waals surface area (Å²) < 4.78 is 28.8. The van der Waals surface area contributed by atoms with E-state index < -0.39 is 29.6 Å². The molecule has 4 rings (SSSR count). The highest BCUT2D eigenvalue weighted by Crippen LogP contribution is 2.27. The minimum Gasteiger partial charge on any atom is -0.476 e. The van der Waals surface area contributed by atoms with Crippen LogP contribution in [0.3, 0.4) is 0 Å². The minimum atomic E-state index is -1.19. The van der Waals surface area contributed by atoms with E-state index in [1.54, 1.807) is 12.1 Å². The van der Waals surface area contributed by atoms with Gasteiger partial charge in [-0.25, -0.2) is 18.6 Å². The number of halogens is 2. The lowest BCUT2D eigenvalue weighted by Crippen LogP contribution is -2.29. The molecule has 0 aliphatic carbocycles. The van der Waals surface area contributed by atoms with Crippen LogP contribution in [-0.4, -0.2) is 36.7 Å². The maximum Gasteiger partial charge on any atom is 0.357 e. The number of nitrogens with one attached hydrogen (secondary N) is 2. The zero-order valence-electron chi connectivity index (χ0n) is 16.0. The Bertz CT molecular complexity index is 1290. The molecule has 0 spiro atoms. The fourth-order valence-corrected chi connectivity index (χ4v) is 3.47. The van der Waals surface area contributed by atoms with Crippen molar-refractivity contribution in [3.63, 3.8) is 0 Å².